The third-order valence-electron chi connectivity index (χ3n) is 3.13. The minimum atomic E-state index is -2.14. The van der Waals surface area contributed by atoms with Gasteiger partial charge in [0.1, 0.15) is 5.69 Å². The minimum Gasteiger partial charge on any atom is -0.377 e. The van der Waals surface area contributed by atoms with E-state index < -0.39 is 34.8 Å². The lowest BCUT2D eigenvalue weighted by Crippen LogP contribution is -2.23. The van der Waals surface area contributed by atoms with Crippen LogP contribution in [0.15, 0.2) is 0 Å². The van der Waals surface area contributed by atoms with Crippen LogP contribution in [0.1, 0.15) is 19.3 Å². The van der Waals surface area contributed by atoms with Gasteiger partial charge in [-0.2, -0.15) is 0 Å². The number of halogens is 5. The number of rotatable bonds is 2. The summed E-state index contributed by atoms with van der Waals surface area (Å²) in [5, 5.41) is 5.52. The molecule has 0 aromatic heterocycles. The average molecular weight is 280 g/mol. The zero-order valence-corrected chi connectivity index (χ0v) is 10.0. The predicted octanol–water partition coefficient (Wildman–Crippen LogP) is 2.94. The lowest BCUT2D eigenvalue weighted by atomic mass is 10.1. The second-order valence-corrected chi connectivity index (χ2v) is 4.47. The number of hydrogen-bond acceptors (Lipinski definition) is 2. The second kappa shape index (κ2) is 5.73. The Hall–Kier alpha value is -1.37. The summed E-state index contributed by atoms with van der Waals surface area (Å²) in [5.41, 5.74) is -0.941. The summed E-state index contributed by atoms with van der Waals surface area (Å²) in [6.07, 6.45) is 1.93. The fraction of sp³-hybridized carbons (Fsp3) is 0.500. The molecule has 0 radical (unpaired) electrons. The Morgan fingerprint density at radius 3 is 2.00 bits per heavy atom. The second-order valence-electron chi connectivity index (χ2n) is 4.47. The summed E-state index contributed by atoms with van der Waals surface area (Å²) >= 11 is 0. The minimum absolute atomic E-state index is 0.316. The summed E-state index contributed by atoms with van der Waals surface area (Å²) in [5.74, 6) is -9.61. The van der Waals surface area contributed by atoms with E-state index in [0.717, 1.165) is 13.0 Å². The molecule has 1 saturated heterocycles. The Morgan fingerprint density at radius 1 is 0.789 bits per heavy atom. The van der Waals surface area contributed by atoms with E-state index in [4.69, 9.17) is 0 Å². The topological polar surface area (TPSA) is 24.1 Å². The largest absolute Gasteiger partial charge is 0.377 e. The molecule has 0 saturated carbocycles. The maximum atomic E-state index is 13.5. The molecular weight excluding hydrogens is 267 g/mol. The highest BCUT2D eigenvalue weighted by atomic mass is 19.2. The van der Waals surface area contributed by atoms with Gasteiger partial charge in [0.25, 0.3) is 0 Å². The lowest BCUT2D eigenvalue weighted by molar-refractivity contribution is 0.380. The molecule has 1 fully saturated rings. The van der Waals surface area contributed by atoms with Crippen LogP contribution in [0.2, 0.25) is 0 Å². The van der Waals surface area contributed by atoms with Gasteiger partial charge in [0.15, 0.2) is 23.3 Å². The standard InChI is InChI=1S/C12H13F5N2/c13-7-8(14)10(16)12(11(17)9(7)15)19-6-2-1-4-18-5-3-6/h6,18-19H,1-5H2. The first-order chi connectivity index (χ1) is 9.02. The molecule has 0 spiro atoms. The molecule has 1 aliphatic rings. The molecule has 1 atom stereocenters. The Morgan fingerprint density at radius 2 is 1.37 bits per heavy atom. The van der Waals surface area contributed by atoms with Gasteiger partial charge in [0.2, 0.25) is 5.82 Å². The predicted molar refractivity (Wildman–Crippen MR) is 60.4 cm³/mol. The molecule has 0 aliphatic carbocycles. The van der Waals surface area contributed by atoms with Gasteiger partial charge in [0.05, 0.1) is 0 Å². The van der Waals surface area contributed by atoms with Crippen LogP contribution < -0.4 is 10.6 Å². The number of anilines is 1. The Bertz CT molecular complexity index is 441. The quantitative estimate of drug-likeness (QED) is 0.494. The molecule has 1 aromatic carbocycles. The third kappa shape index (κ3) is 2.80. The van der Waals surface area contributed by atoms with E-state index in [0.29, 0.717) is 19.4 Å². The average Bonchev–Trinajstić information content (AvgIpc) is 2.68. The molecule has 0 bridgehead atoms. The highest BCUT2D eigenvalue weighted by molar-refractivity contribution is 5.48. The van der Waals surface area contributed by atoms with E-state index in [9.17, 15) is 22.0 Å². The van der Waals surface area contributed by atoms with Gasteiger partial charge >= 0.3 is 0 Å². The van der Waals surface area contributed by atoms with Crippen LogP contribution in [-0.4, -0.2) is 19.1 Å². The Labute approximate surface area is 107 Å². The zero-order chi connectivity index (χ0) is 14.0. The van der Waals surface area contributed by atoms with Crippen molar-refractivity contribution in [2.75, 3.05) is 18.4 Å². The van der Waals surface area contributed by atoms with Crippen LogP contribution >= 0.6 is 0 Å². The number of benzene rings is 1. The SMILES string of the molecule is Fc1c(F)c(F)c(NC2CCCNCC2)c(F)c1F. The Balaban J connectivity index is 2.29. The fourth-order valence-corrected chi connectivity index (χ4v) is 2.10. The van der Waals surface area contributed by atoms with Gasteiger partial charge in [0, 0.05) is 6.04 Å². The van der Waals surface area contributed by atoms with Crippen LogP contribution in [0.5, 0.6) is 0 Å². The van der Waals surface area contributed by atoms with Crippen LogP contribution in [0, 0.1) is 29.1 Å². The van der Waals surface area contributed by atoms with Crippen molar-refractivity contribution in [3.63, 3.8) is 0 Å². The normalized spacial score (nSPS) is 20.2. The molecule has 2 N–H and O–H groups in total. The van der Waals surface area contributed by atoms with E-state index >= 15 is 0 Å². The lowest BCUT2D eigenvalue weighted by Gasteiger charge is -2.19. The molecule has 106 valence electrons. The van der Waals surface area contributed by atoms with Crippen molar-refractivity contribution >= 4 is 5.69 Å². The van der Waals surface area contributed by atoms with E-state index in [1.165, 1.54) is 0 Å². The Kier molecular flexibility index (Phi) is 4.24. The molecular formula is C12H13F5N2. The summed E-state index contributed by atoms with van der Waals surface area (Å²) in [6, 6.07) is -0.316. The van der Waals surface area contributed by atoms with Crippen molar-refractivity contribution in [1.29, 1.82) is 0 Å². The summed E-state index contributed by atoms with van der Waals surface area (Å²) in [7, 11) is 0. The van der Waals surface area contributed by atoms with Gasteiger partial charge in [-0.25, -0.2) is 22.0 Å². The molecule has 0 amide bonds. The van der Waals surface area contributed by atoms with Gasteiger partial charge < -0.3 is 10.6 Å². The van der Waals surface area contributed by atoms with Crippen LogP contribution in [0.25, 0.3) is 0 Å². The van der Waals surface area contributed by atoms with Crippen LogP contribution in [-0.2, 0) is 0 Å². The molecule has 1 aliphatic heterocycles. The molecule has 1 unspecified atom stereocenters. The summed E-state index contributed by atoms with van der Waals surface area (Å²) in [4.78, 5) is 0. The molecule has 19 heavy (non-hydrogen) atoms. The van der Waals surface area contributed by atoms with Gasteiger partial charge in [-0.15, -0.1) is 0 Å². The first-order valence-corrected chi connectivity index (χ1v) is 6.01. The highest BCUT2D eigenvalue weighted by Gasteiger charge is 2.27. The van der Waals surface area contributed by atoms with Crippen molar-refractivity contribution in [2.24, 2.45) is 0 Å². The molecule has 2 nitrogen and oxygen atoms in total. The number of nitrogens with one attached hydrogen (secondary N) is 2. The van der Waals surface area contributed by atoms with Crippen LogP contribution in [0.3, 0.4) is 0 Å². The molecule has 1 aromatic rings. The molecule has 7 heteroatoms. The van der Waals surface area contributed by atoms with Crippen molar-refractivity contribution in [3.05, 3.63) is 29.1 Å². The van der Waals surface area contributed by atoms with E-state index in [1.54, 1.807) is 0 Å². The van der Waals surface area contributed by atoms with Gasteiger partial charge in [-0.05, 0) is 32.4 Å². The monoisotopic (exact) mass is 280 g/mol. The first kappa shape index (κ1) is 14.0. The molecule has 1 heterocycles. The number of hydrogen-bond donors (Lipinski definition) is 2. The zero-order valence-electron chi connectivity index (χ0n) is 10.0. The highest BCUT2D eigenvalue weighted by Crippen LogP contribution is 2.28. The van der Waals surface area contributed by atoms with Crippen molar-refractivity contribution in [3.8, 4) is 0 Å². The maximum absolute atomic E-state index is 13.5. The van der Waals surface area contributed by atoms with Gasteiger partial charge in [-0.1, -0.05) is 0 Å². The first-order valence-electron chi connectivity index (χ1n) is 6.01. The third-order valence-corrected chi connectivity index (χ3v) is 3.13. The fourth-order valence-electron chi connectivity index (χ4n) is 2.10. The smallest absolute Gasteiger partial charge is 0.200 e. The molecule has 2 rings (SSSR count). The van der Waals surface area contributed by atoms with E-state index in [2.05, 4.69) is 10.6 Å². The van der Waals surface area contributed by atoms with E-state index in [-0.39, 0.29) is 6.04 Å². The summed E-state index contributed by atoms with van der Waals surface area (Å²) < 4.78 is 65.8. The van der Waals surface area contributed by atoms with Gasteiger partial charge in [-0.3, -0.25) is 0 Å². The maximum Gasteiger partial charge on any atom is 0.200 e. The van der Waals surface area contributed by atoms with Crippen molar-refractivity contribution in [2.45, 2.75) is 25.3 Å². The van der Waals surface area contributed by atoms with E-state index in [1.807, 2.05) is 0 Å². The van der Waals surface area contributed by atoms with Crippen LogP contribution in [0.4, 0.5) is 27.6 Å². The summed E-state index contributed by atoms with van der Waals surface area (Å²) in [6.45, 7) is 1.41. The van der Waals surface area contributed by atoms with Crippen molar-refractivity contribution < 1.29 is 22.0 Å². The van der Waals surface area contributed by atoms with Crippen molar-refractivity contribution in [1.82, 2.24) is 5.32 Å².